The Kier molecular flexibility index (Phi) is 6.32. The Bertz CT molecular complexity index is 1070. The Morgan fingerprint density at radius 3 is 2.74 bits per heavy atom. The zero-order chi connectivity index (χ0) is 21.8. The zero-order valence-corrected chi connectivity index (χ0v) is 18.0. The van der Waals surface area contributed by atoms with Crippen LogP contribution in [0.25, 0.3) is 0 Å². The molecule has 1 aliphatic heterocycles. The summed E-state index contributed by atoms with van der Waals surface area (Å²) in [6.07, 6.45) is 4.58. The van der Waals surface area contributed by atoms with E-state index in [4.69, 9.17) is 11.6 Å². The number of halogens is 1. The quantitative estimate of drug-likeness (QED) is 0.643. The van der Waals surface area contributed by atoms with Crippen LogP contribution in [0, 0.1) is 0 Å². The predicted octanol–water partition coefficient (Wildman–Crippen LogP) is 2.84. The lowest BCUT2D eigenvalue weighted by molar-refractivity contribution is -0.133. The molecule has 1 N–H and O–H groups in total. The van der Waals surface area contributed by atoms with Crippen molar-refractivity contribution in [2.45, 2.75) is 31.8 Å². The Morgan fingerprint density at radius 2 is 2.00 bits per heavy atom. The highest BCUT2D eigenvalue weighted by Gasteiger charge is 2.35. The molecule has 4 rings (SSSR count). The highest BCUT2D eigenvalue weighted by molar-refractivity contribution is 6.30. The third-order valence-electron chi connectivity index (χ3n) is 5.41. The van der Waals surface area contributed by atoms with Gasteiger partial charge in [0.15, 0.2) is 0 Å². The van der Waals surface area contributed by atoms with Gasteiger partial charge in [-0.25, -0.2) is 0 Å². The molecule has 0 radical (unpaired) electrons. The van der Waals surface area contributed by atoms with Crippen molar-refractivity contribution in [3.63, 3.8) is 0 Å². The Hall–Kier alpha value is -3.19. The van der Waals surface area contributed by atoms with Crippen molar-refractivity contribution in [1.82, 2.24) is 25.0 Å². The molecular formula is C23H24ClN5O2. The normalized spacial score (nSPS) is 15.4. The maximum absolute atomic E-state index is 13.0. The van der Waals surface area contributed by atoms with Crippen molar-refractivity contribution in [2.75, 3.05) is 6.54 Å². The van der Waals surface area contributed by atoms with Crippen molar-refractivity contribution < 1.29 is 9.59 Å². The molecule has 8 heteroatoms. The maximum atomic E-state index is 13.0. The predicted molar refractivity (Wildman–Crippen MR) is 117 cm³/mol. The lowest BCUT2D eigenvalue weighted by Gasteiger charge is -2.31. The second-order valence-corrected chi connectivity index (χ2v) is 8.14. The summed E-state index contributed by atoms with van der Waals surface area (Å²) in [5.74, 6) is -0.638. The van der Waals surface area contributed by atoms with Gasteiger partial charge in [-0.15, -0.1) is 0 Å². The fourth-order valence-electron chi connectivity index (χ4n) is 3.81. The highest BCUT2D eigenvalue weighted by Crippen LogP contribution is 2.28. The topological polar surface area (TPSA) is 80.1 Å². The fourth-order valence-corrected chi connectivity index (χ4v) is 3.93. The van der Waals surface area contributed by atoms with Gasteiger partial charge >= 0.3 is 0 Å². The van der Waals surface area contributed by atoms with E-state index in [1.807, 2.05) is 55.7 Å². The van der Waals surface area contributed by atoms with Gasteiger partial charge in [-0.2, -0.15) is 5.10 Å². The second kappa shape index (κ2) is 9.31. The number of aromatic nitrogens is 3. The first-order valence-corrected chi connectivity index (χ1v) is 10.6. The van der Waals surface area contributed by atoms with Gasteiger partial charge < -0.3 is 10.2 Å². The van der Waals surface area contributed by atoms with Crippen molar-refractivity contribution in [1.29, 1.82) is 0 Å². The molecule has 0 spiro atoms. The number of benzene rings is 1. The molecule has 7 nitrogen and oxygen atoms in total. The van der Waals surface area contributed by atoms with E-state index in [2.05, 4.69) is 15.4 Å². The number of carbonyl (C=O) groups is 2. The number of carbonyl (C=O) groups excluding carboxylic acids is 2. The first-order valence-electron chi connectivity index (χ1n) is 10.2. The number of fused-ring (bicyclic) bond motifs is 1. The van der Waals surface area contributed by atoms with E-state index < -0.39 is 5.92 Å². The van der Waals surface area contributed by atoms with Gasteiger partial charge in [-0.1, -0.05) is 29.8 Å². The number of pyridine rings is 1. The first-order chi connectivity index (χ1) is 15.0. The summed E-state index contributed by atoms with van der Waals surface area (Å²) >= 11 is 5.93. The minimum Gasteiger partial charge on any atom is -0.350 e. The number of amides is 2. The number of nitrogens with one attached hydrogen (secondary N) is 1. The van der Waals surface area contributed by atoms with Crippen molar-refractivity contribution in [3.8, 4) is 0 Å². The maximum Gasteiger partial charge on any atom is 0.231 e. The van der Waals surface area contributed by atoms with E-state index in [9.17, 15) is 9.59 Å². The van der Waals surface area contributed by atoms with Crippen LogP contribution in [0.15, 0.2) is 54.9 Å². The molecule has 1 aromatic carbocycles. The Balaban J connectivity index is 1.43. The van der Waals surface area contributed by atoms with Gasteiger partial charge in [0.05, 0.1) is 23.9 Å². The van der Waals surface area contributed by atoms with Crippen molar-refractivity contribution in [2.24, 2.45) is 7.05 Å². The lowest BCUT2D eigenvalue weighted by Crippen LogP contribution is -2.43. The molecule has 31 heavy (non-hydrogen) atoms. The fraction of sp³-hybridized carbons (Fsp3) is 0.304. The smallest absolute Gasteiger partial charge is 0.231 e. The zero-order valence-electron chi connectivity index (χ0n) is 17.3. The molecule has 160 valence electrons. The molecule has 1 aliphatic rings. The molecule has 0 aliphatic carbocycles. The van der Waals surface area contributed by atoms with Gasteiger partial charge in [0.1, 0.15) is 0 Å². The van der Waals surface area contributed by atoms with E-state index in [0.717, 1.165) is 22.5 Å². The molecule has 2 aromatic heterocycles. The summed E-state index contributed by atoms with van der Waals surface area (Å²) in [6.45, 7) is 1.12. The van der Waals surface area contributed by atoms with E-state index in [1.54, 1.807) is 15.8 Å². The molecule has 0 unspecified atom stereocenters. The summed E-state index contributed by atoms with van der Waals surface area (Å²) in [6, 6.07) is 13.1. The van der Waals surface area contributed by atoms with Gasteiger partial charge in [-0.05, 0) is 36.2 Å². The first kappa shape index (κ1) is 21.1. The molecular weight excluding hydrogens is 414 g/mol. The molecule has 2 amide bonds. The van der Waals surface area contributed by atoms with Crippen LogP contribution in [-0.2, 0) is 36.1 Å². The molecule has 0 saturated heterocycles. The van der Waals surface area contributed by atoms with Crippen LogP contribution in [0.3, 0.4) is 0 Å². The highest BCUT2D eigenvalue weighted by atomic mass is 35.5. The lowest BCUT2D eigenvalue weighted by atomic mass is 9.95. The van der Waals surface area contributed by atoms with E-state index in [-0.39, 0.29) is 11.8 Å². The number of hydrogen-bond acceptors (Lipinski definition) is 4. The monoisotopic (exact) mass is 437 g/mol. The van der Waals surface area contributed by atoms with E-state index in [1.165, 1.54) is 0 Å². The average Bonchev–Trinajstić information content (AvgIpc) is 3.17. The second-order valence-electron chi connectivity index (χ2n) is 7.71. The van der Waals surface area contributed by atoms with Gasteiger partial charge in [0.25, 0.3) is 0 Å². The van der Waals surface area contributed by atoms with Crippen LogP contribution in [-0.4, -0.2) is 38.0 Å². The minimum absolute atomic E-state index is 0.0204. The van der Waals surface area contributed by atoms with Crippen LogP contribution in [0.4, 0.5) is 0 Å². The summed E-state index contributed by atoms with van der Waals surface area (Å²) < 4.78 is 1.70. The number of hydrogen-bond donors (Lipinski definition) is 1. The molecule has 3 heterocycles. The van der Waals surface area contributed by atoms with Crippen LogP contribution < -0.4 is 5.32 Å². The van der Waals surface area contributed by atoms with Crippen LogP contribution in [0.2, 0.25) is 5.02 Å². The van der Waals surface area contributed by atoms with E-state index >= 15 is 0 Å². The van der Waals surface area contributed by atoms with Crippen molar-refractivity contribution >= 4 is 23.4 Å². The third kappa shape index (κ3) is 5.11. The average molecular weight is 438 g/mol. The largest absolute Gasteiger partial charge is 0.350 e. The molecule has 3 aromatic rings. The Labute approximate surface area is 186 Å². The number of nitrogens with zero attached hydrogens (tertiary/aromatic N) is 4. The van der Waals surface area contributed by atoms with Crippen LogP contribution in [0.1, 0.15) is 34.9 Å². The van der Waals surface area contributed by atoms with Gasteiger partial charge in [0, 0.05) is 49.5 Å². The van der Waals surface area contributed by atoms with Crippen LogP contribution >= 0.6 is 11.6 Å². The summed E-state index contributed by atoms with van der Waals surface area (Å²) in [5, 5.41) is 8.11. The minimum atomic E-state index is -0.506. The molecule has 0 saturated carbocycles. The molecule has 1 atom stereocenters. The standard InChI is InChI=1S/C23H24ClN5O2/c1-28-13-17-14-29(21(30)10-7-16-5-8-18(24)9-6-16)15-20(22(17)27-28)23(31)26-12-19-4-2-3-11-25-19/h2-6,8-9,11,13,20H,7,10,12,14-15H2,1H3,(H,26,31)/t20-/m1/s1. The SMILES string of the molecule is Cn1cc2c(n1)[C@H](C(=O)NCc1ccccn1)CN(C(=O)CCc1ccc(Cl)cc1)C2. The molecule has 0 fully saturated rings. The van der Waals surface area contributed by atoms with Crippen molar-refractivity contribution in [3.05, 3.63) is 82.4 Å². The van der Waals surface area contributed by atoms with Gasteiger partial charge in [0.2, 0.25) is 11.8 Å². The van der Waals surface area contributed by atoms with E-state index in [0.29, 0.717) is 37.5 Å². The third-order valence-corrected chi connectivity index (χ3v) is 5.66. The number of rotatable bonds is 6. The van der Waals surface area contributed by atoms with Crippen LogP contribution in [0.5, 0.6) is 0 Å². The Morgan fingerprint density at radius 1 is 1.19 bits per heavy atom. The van der Waals surface area contributed by atoms with Gasteiger partial charge in [-0.3, -0.25) is 19.3 Å². The summed E-state index contributed by atoms with van der Waals surface area (Å²) in [4.78, 5) is 31.9. The number of aryl methyl sites for hydroxylation is 2. The molecule has 0 bridgehead atoms. The summed E-state index contributed by atoms with van der Waals surface area (Å²) in [7, 11) is 1.83. The summed E-state index contributed by atoms with van der Waals surface area (Å²) in [5.41, 5.74) is 3.49.